The van der Waals surface area contributed by atoms with Crippen LogP contribution in [-0.2, 0) is 4.79 Å². The van der Waals surface area contributed by atoms with E-state index in [1.165, 1.54) is 57.8 Å². The second-order valence-electron chi connectivity index (χ2n) is 12.1. The highest BCUT2D eigenvalue weighted by atomic mass is 16.1. The van der Waals surface area contributed by atoms with E-state index in [4.69, 9.17) is 0 Å². The first kappa shape index (κ1) is 20.7. The lowest BCUT2D eigenvalue weighted by Crippen LogP contribution is -2.52. The summed E-state index contributed by atoms with van der Waals surface area (Å²) in [5.74, 6) is 6.34. The van der Waals surface area contributed by atoms with Crippen LogP contribution in [0.1, 0.15) is 98.8 Å². The summed E-state index contributed by atoms with van der Waals surface area (Å²) in [5.41, 5.74) is 0.870. The summed E-state index contributed by atoms with van der Waals surface area (Å²) in [5, 5.41) is 0. The van der Waals surface area contributed by atoms with Crippen LogP contribution in [0.2, 0.25) is 0 Å². The number of carbonyl (C=O) groups is 1. The van der Waals surface area contributed by atoms with Crippen LogP contribution in [0.4, 0.5) is 0 Å². The summed E-state index contributed by atoms with van der Waals surface area (Å²) in [4.78, 5) is 12.0. The van der Waals surface area contributed by atoms with Gasteiger partial charge in [0.05, 0.1) is 0 Å². The Morgan fingerprint density at radius 3 is 2.54 bits per heavy atom. The van der Waals surface area contributed by atoms with E-state index in [0.29, 0.717) is 22.5 Å². The molecular formula is C27H44O. The average Bonchev–Trinajstić information content (AvgIpc) is 2.99. The molecule has 0 unspecified atom stereocenters. The Morgan fingerprint density at radius 1 is 1.00 bits per heavy atom. The van der Waals surface area contributed by atoms with Crippen molar-refractivity contribution in [2.24, 2.45) is 52.3 Å². The monoisotopic (exact) mass is 384 g/mol. The Hall–Kier alpha value is -0.590. The first-order valence-corrected chi connectivity index (χ1v) is 12.5. The normalized spacial score (nSPS) is 46.2. The second kappa shape index (κ2) is 7.59. The molecule has 4 aliphatic carbocycles. The number of hydrogen-bond acceptors (Lipinski definition) is 1. The summed E-state index contributed by atoms with van der Waals surface area (Å²) in [6.45, 7) is 12.5. The number of allylic oxidation sites excluding steroid dienone is 2. The summed E-state index contributed by atoms with van der Waals surface area (Å²) in [6, 6.07) is 0. The largest absolute Gasteiger partial charge is 0.295 e. The zero-order valence-corrected chi connectivity index (χ0v) is 19.2. The maximum absolute atomic E-state index is 12.0. The molecule has 0 aliphatic heterocycles. The number of hydrogen-bond donors (Lipinski definition) is 0. The maximum Gasteiger partial charge on any atom is 0.155 e. The van der Waals surface area contributed by atoms with Crippen LogP contribution in [0, 0.1) is 52.3 Å². The third-order valence-electron chi connectivity index (χ3n) is 10.2. The van der Waals surface area contributed by atoms with E-state index >= 15 is 0 Å². The van der Waals surface area contributed by atoms with E-state index in [-0.39, 0.29) is 0 Å². The van der Waals surface area contributed by atoms with Gasteiger partial charge in [-0.2, -0.15) is 0 Å². The van der Waals surface area contributed by atoms with Gasteiger partial charge >= 0.3 is 0 Å². The summed E-state index contributed by atoms with van der Waals surface area (Å²) in [7, 11) is 0. The molecule has 1 nitrogen and oxygen atoms in total. The van der Waals surface area contributed by atoms with Crippen molar-refractivity contribution < 1.29 is 4.79 Å². The van der Waals surface area contributed by atoms with Crippen LogP contribution in [-0.4, -0.2) is 5.78 Å². The predicted molar refractivity (Wildman–Crippen MR) is 118 cm³/mol. The molecule has 0 aromatic heterocycles. The molecular weight excluding hydrogens is 340 g/mol. The molecule has 3 fully saturated rings. The molecule has 0 N–H and O–H groups in total. The average molecular weight is 385 g/mol. The Morgan fingerprint density at radius 2 is 1.79 bits per heavy atom. The lowest BCUT2D eigenvalue weighted by atomic mass is 9.45. The molecule has 0 radical (unpaired) electrons. The third-order valence-corrected chi connectivity index (χ3v) is 10.2. The number of ketones is 1. The molecule has 28 heavy (non-hydrogen) atoms. The van der Waals surface area contributed by atoms with Gasteiger partial charge in [-0.3, -0.25) is 4.79 Å². The fourth-order valence-corrected chi connectivity index (χ4v) is 8.66. The van der Waals surface area contributed by atoms with Gasteiger partial charge in [-0.1, -0.05) is 60.0 Å². The first-order chi connectivity index (χ1) is 13.3. The zero-order chi connectivity index (χ0) is 20.1. The van der Waals surface area contributed by atoms with Crippen LogP contribution in [0.5, 0.6) is 0 Å². The van der Waals surface area contributed by atoms with Gasteiger partial charge in [0.2, 0.25) is 0 Å². The van der Waals surface area contributed by atoms with Crippen LogP contribution in [0.3, 0.4) is 0 Å². The Bertz CT molecular complexity index is 618. The van der Waals surface area contributed by atoms with Crippen molar-refractivity contribution in [2.45, 2.75) is 98.8 Å². The molecule has 3 saturated carbocycles. The third kappa shape index (κ3) is 3.33. The first-order valence-electron chi connectivity index (χ1n) is 12.5. The minimum atomic E-state index is 0.291. The maximum atomic E-state index is 12.0. The molecule has 4 aliphatic rings. The van der Waals surface area contributed by atoms with Crippen LogP contribution in [0.25, 0.3) is 0 Å². The number of fused-ring (bicyclic) bond motifs is 5. The Kier molecular flexibility index (Phi) is 5.60. The van der Waals surface area contributed by atoms with Crippen LogP contribution < -0.4 is 0 Å². The van der Waals surface area contributed by atoms with Crippen LogP contribution in [0.15, 0.2) is 12.2 Å². The van der Waals surface area contributed by atoms with E-state index in [2.05, 4.69) is 40.7 Å². The van der Waals surface area contributed by atoms with E-state index in [1.54, 1.807) is 0 Å². The zero-order valence-electron chi connectivity index (χ0n) is 19.2. The van der Waals surface area contributed by atoms with Gasteiger partial charge in [0.25, 0.3) is 0 Å². The van der Waals surface area contributed by atoms with Crippen LogP contribution >= 0.6 is 0 Å². The molecule has 4 rings (SSSR count). The highest BCUT2D eigenvalue weighted by molar-refractivity contribution is 5.91. The van der Waals surface area contributed by atoms with Gasteiger partial charge in [0.15, 0.2) is 5.78 Å². The molecule has 8 atom stereocenters. The Balaban J connectivity index is 1.49. The van der Waals surface area contributed by atoms with Crippen molar-refractivity contribution in [3.05, 3.63) is 12.2 Å². The molecule has 0 heterocycles. The summed E-state index contributed by atoms with van der Waals surface area (Å²) >= 11 is 0. The molecule has 1 heteroatoms. The molecule has 0 aromatic rings. The van der Waals surface area contributed by atoms with Crippen molar-refractivity contribution in [2.75, 3.05) is 0 Å². The quantitative estimate of drug-likeness (QED) is 0.481. The highest BCUT2D eigenvalue weighted by Crippen LogP contribution is 2.67. The lowest BCUT2D eigenvalue weighted by molar-refractivity contribution is -0.122. The van der Waals surface area contributed by atoms with Crippen molar-refractivity contribution in [1.29, 1.82) is 0 Å². The summed E-state index contributed by atoms with van der Waals surface area (Å²) < 4.78 is 0. The molecule has 0 spiro atoms. The van der Waals surface area contributed by atoms with Gasteiger partial charge in [0, 0.05) is 6.42 Å². The minimum Gasteiger partial charge on any atom is -0.295 e. The fourth-order valence-electron chi connectivity index (χ4n) is 8.66. The SMILES string of the molecule is CC(C)CCC[C@H](C)[C@H]1CC[C@H]2[C@@H]3CC[C@@H]4CC(=O)C=C[C@]4(C)[C@H]3CC[C@]12C. The van der Waals surface area contributed by atoms with Gasteiger partial charge < -0.3 is 0 Å². The van der Waals surface area contributed by atoms with E-state index in [9.17, 15) is 4.79 Å². The summed E-state index contributed by atoms with van der Waals surface area (Å²) in [6.07, 6.45) is 17.8. The second-order valence-corrected chi connectivity index (χ2v) is 12.1. The smallest absolute Gasteiger partial charge is 0.155 e. The van der Waals surface area contributed by atoms with E-state index in [1.807, 2.05) is 6.08 Å². The molecule has 0 aromatic carbocycles. The van der Waals surface area contributed by atoms with Gasteiger partial charge in [-0.15, -0.1) is 0 Å². The molecule has 0 amide bonds. The van der Waals surface area contributed by atoms with Crippen molar-refractivity contribution in [1.82, 2.24) is 0 Å². The lowest BCUT2D eigenvalue weighted by Gasteiger charge is -2.59. The van der Waals surface area contributed by atoms with E-state index in [0.717, 1.165) is 41.9 Å². The minimum absolute atomic E-state index is 0.291. The molecule has 0 saturated heterocycles. The van der Waals surface area contributed by atoms with Gasteiger partial charge in [0.1, 0.15) is 0 Å². The number of rotatable bonds is 5. The van der Waals surface area contributed by atoms with E-state index < -0.39 is 0 Å². The van der Waals surface area contributed by atoms with Crippen molar-refractivity contribution >= 4 is 5.78 Å². The van der Waals surface area contributed by atoms with Gasteiger partial charge in [-0.25, -0.2) is 0 Å². The highest BCUT2D eigenvalue weighted by Gasteiger charge is 2.59. The Labute approximate surface area is 174 Å². The topological polar surface area (TPSA) is 17.1 Å². The predicted octanol–water partition coefficient (Wildman–Crippen LogP) is 7.45. The van der Waals surface area contributed by atoms with Crippen molar-refractivity contribution in [3.63, 3.8) is 0 Å². The fraction of sp³-hybridized carbons (Fsp3) is 0.889. The standard InChI is InChI=1S/C27H44O/c1-18(2)7-6-8-19(3)23-11-12-24-22-10-9-20-17-21(28)13-15-26(20,4)25(22)14-16-27(23,24)5/h13,15,18-20,22-25H,6-12,14,16-17H2,1-5H3/t19-,20+,22-,23+,24-,25-,26-,27+/m0/s1. The van der Waals surface area contributed by atoms with Crippen molar-refractivity contribution in [3.8, 4) is 0 Å². The number of carbonyl (C=O) groups excluding carboxylic acids is 1. The van der Waals surface area contributed by atoms with Gasteiger partial charge in [-0.05, 0) is 96.9 Å². The molecule has 0 bridgehead atoms. The molecule has 158 valence electrons.